The second-order valence-corrected chi connectivity index (χ2v) is 7.06. The molecule has 4 rings (SSSR count). The summed E-state index contributed by atoms with van der Waals surface area (Å²) in [6.07, 6.45) is 0. The van der Waals surface area contributed by atoms with Gasteiger partial charge in [0.2, 0.25) is 0 Å². The lowest BCUT2D eigenvalue weighted by Gasteiger charge is -2.06. The van der Waals surface area contributed by atoms with Gasteiger partial charge < -0.3 is 4.42 Å². The van der Waals surface area contributed by atoms with Crippen molar-refractivity contribution in [2.75, 3.05) is 0 Å². The van der Waals surface area contributed by atoms with Crippen molar-refractivity contribution in [3.63, 3.8) is 0 Å². The van der Waals surface area contributed by atoms with E-state index in [1.165, 1.54) is 0 Å². The summed E-state index contributed by atoms with van der Waals surface area (Å²) >= 11 is 6.96. The van der Waals surface area contributed by atoms with E-state index in [0.29, 0.717) is 16.7 Å². The smallest absolute Gasteiger partial charge is 0.347 e. The van der Waals surface area contributed by atoms with Gasteiger partial charge in [0.25, 0.3) is 0 Å². The van der Waals surface area contributed by atoms with Crippen LogP contribution in [0.3, 0.4) is 0 Å². The first kappa shape index (κ1) is 14.7. The number of halogens is 2. The highest BCUT2D eigenvalue weighted by molar-refractivity contribution is 9.10. The maximum absolute atomic E-state index is 12.4. The predicted octanol–water partition coefficient (Wildman–Crippen LogP) is 4.97. The monoisotopic (exact) mass is 432 g/mol. The SMILES string of the molecule is Cc1nn(-c2cccc(Br)c2)c2c1c(=O)oc1ccc(Br)cc12. The molecule has 0 N–H and O–H groups in total. The molecular weight excluding hydrogens is 424 g/mol. The third kappa shape index (κ3) is 2.33. The Kier molecular flexibility index (Phi) is 3.39. The van der Waals surface area contributed by atoms with Crippen molar-refractivity contribution in [3.8, 4) is 5.69 Å². The van der Waals surface area contributed by atoms with Gasteiger partial charge in [0.15, 0.2) is 0 Å². The fraction of sp³-hybridized carbons (Fsp3) is 0.0588. The highest BCUT2D eigenvalue weighted by Crippen LogP contribution is 2.29. The fourth-order valence-electron chi connectivity index (χ4n) is 2.74. The summed E-state index contributed by atoms with van der Waals surface area (Å²) in [4.78, 5) is 12.4. The lowest BCUT2D eigenvalue weighted by Crippen LogP contribution is -2.01. The molecule has 0 saturated carbocycles. The van der Waals surface area contributed by atoms with Crippen LogP contribution in [-0.4, -0.2) is 9.78 Å². The molecule has 23 heavy (non-hydrogen) atoms. The van der Waals surface area contributed by atoms with E-state index < -0.39 is 0 Å². The lowest BCUT2D eigenvalue weighted by atomic mass is 10.1. The minimum Gasteiger partial charge on any atom is -0.422 e. The van der Waals surface area contributed by atoms with Crippen molar-refractivity contribution >= 4 is 53.7 Å². The fourth-order valence-corrected chi connectivity index (χ4v) is 3.49. The van der Waals surface area contributed by atoms with Crippen molar-refractivity contribution in [2.45, 2.75) is 6.92 Å². The van der Waals surface area contributed by atoms with Gasteiger partial charge in [-0.05, 0) is 43.3 Å². The van der Waals surface area contributed by atoms with E-state index >= 15 is 0 Å². The van der Waals surface area contributed by atoms with Crippen LogP contribution >= 0.6 is 31.9 Å². The number of benzene rings is 2. The number of hydrogen-bond acceptors (Lipinski definition) is 3. The molecule has 0 amide bonds. The Hall–Kier alpha value is -1.92. The van der Waals surface area contributed by atoms with Gasteiger partial charge in [0.05, 0.1) is 16.9 Å². The first-order valence-electron chi connectivity index (χ1n) is 6.92. The van der Waals surface area contributed by atoms with E-state index in [9.17, 15) is 4.79 Å². The van der Waals surface area contributed by atoms with Gasteiger partial charge in [0, 0.05) is 14.3 Å². The zero-order valence-corrected chi connectivity index (χ0v) is 15.2. The Morgan fingerprint density at radius 1 is 1.09 bits per heavy atom. The number of nitrogens with zero attached hydrogens (tertiary/aromatic N) is 2. The average molecular weight is 434 g/mol. The van der Waals surface area contributed by atoms with Crippen LogP contribution in [0, 0.1) is 6.92 Å². The van der Waals surface area contributed by atoms with Gasteiger partial charge in [-0.15, -0.1) is 0 Å². The molecule has 2 heterocycles. The topological polar surface area (TPSA) is 48.0 Å². The molecule has 4 aromatic rings. The molecule has 0 atom stereocenters. The highest BCUT2D eigenvalue weighted by atomic mass is 79.9. The van der Waals surface area contributed by atoms with Gasteiger partial charge in [-0.3, -0.25) is 0 Å². The number of rotatable bonds is 1. The second-order valence-electron chi connectivity index (χ2n) is 5.23. The maximum atomic E-state index is 12.4. The third-order valence-corrected chi connectivity index (χ3v) is 4.70. The standard InChI is InChI=1S/C17H10Br2N2O2/c1-9-15-16(21(20-9)12-4-2-3-10(18)7-12)13-8-11(19)5-6-14(13)23-17(15)22/h2-8H,1H3. The van der Waals surface area contributed by atoms with Crippen LogP contribution in [0.2, 0.25) is 0 Å². The van der Waals surface area contributed by atoms with Gasteiger partial charge in [-0.1, -0.05) is 37.9 Å². The molecule has 0 aliphatic heterocycles. The molecule has 2 aromatic heterocycles. The minimum absolute atomic E-state index is 0.367. The molecule has 2 aromatic carbocycles. The summed E-state index contributed by atoms with van der Waals surface area (Å²) in [6, 6.07) is 13.4. The van der Waals surface area contributed by atoms with Crippen molar-refractivity contribution in [1.82, 2.24) is 9.78 Å². The van der Waals surface area contributed by atoms with E-state index in [1.54, 1.807) is 10.7 Å². The summed E-state index contributed by atoms with van der Waals surface area (Å²) in [5, 5.41) is 5.91. The van der Waals surface area contributed by atoms with Crippen molar-refractivity contribution < 1.29 is 4.42 Å². The van der Waals surface area contributed by atoms with E-state index in [4.69, 9.17) is 4.42 Å². The first-order chi connectivity index (χ1) is 11.0. The molecule has 0 aliphatic carbocycles. The maximum Gasteiger partial charge on any atom is 0.347 e. The second kappa shape index (κ2) is 5.32. The molecule has 114 valence electrons. The predicted molar refractivity (Wildman–Crippen MR) is 97.2 cm³/mol. The van der Waals surface area contributed by atoms with Crippen LogP contribution in [0.5, 0.6) is 0 Å². The summed E-state index contributed by atoms with van der Waals surface area (Å²) in [7, 11) is 0. The van der Waals surface area contributed by atoms with Crippen LogP contribution in [0.4, 0.5) is 0 Å². The lowest BCUT2D eigenvalue weighted by molar-refractivity contribution is 0.569. The Labute approximate surface area is 148 Å². The molecule has 0 fully saturated rings. The van der Waals surface area contributed by atoms with E-state index in [2.05, 4.69) is 37.0 Å². The molecule has 0 unspecified atom stereocenters. The van der Waals surface area contributed by atoms with Crippen molar-refractivity contribution in [2.24, 2.45) is 0 Å². The van der Waals surface area contributed by atoms with Crippen LogP contribution < -0.4 is 5.63 Å². The molecule has 0 bridgehead atoms. The van der Waals surface area contributed by atoms with Crippen LogP contribution in [0.15, 0.2) is 60.6 Å². The van der Waals surface area contributed by atoms with Crippen molar-refractivity contribution in [1.29, 1.82) is 0 Å². The van der Waals surface area contributed by atoms with E-state index in [-0.39, 0.29) is 5.63 Å². The molecular formula is C17H10Br2N2O2. The Morgan fingerprint density at radius 3 is 2.65 bits per heavy atom. The van der Waals surface area contributed by atoms with E-state index in [0.717, 1.165) is 25.5 Å². The summed E-state index contributed by atoms with van der Waals surface area (Å²) in [5.74, 6) is 0. The van der Waals surface area contributed by atoms with Crippen LogP contribution in [0.25, 0.3) is 27.6 Å². The number of aryl methyl sites for hydroxylation is 1. The Balaban J connectivity index is 2.23. The van der Waals surface area contributed by atoms with Crippen LogP contribution in [-0.2, 0) is 0 Å². The zero-order chi connectivity index (χ0) is 16.1. The van der Waals surface area contributed by atoms with Crippen LogP contribution in [0.1, 0.15) is 5.69 Å². The zero-order valence-electron chi connectivity index (χ0n) is 12.0. The minimum atomic E-state index is -0.367. The summed E-state index contributed by atoms with van der Waals surface area (Å²) in [5.41, 5.74) is 2.46. The largest absolute Gasteiger partial charge is 0.422 e. The summed E-state index contributed by atoms with van der Waals surface area (Å²) in [6.45, 7) is 1.82. The molecule has 4 nitrogen and oxygen atoms in total. The highest BCUT2D eigenvalue weighted by Gasteiger charge is 2.17. The first-order valence-corrected chi connectivity index (χ1v) is 8.51. The third-order valence-electron chi connectivity index (χ3n) is 3.72. The Bertz CT molecular complexity index is 1130. The number of hydrogen-bond donors (Lipinski definition) is 0. The van der Waals surface area contributed by atoms with Gasteiger partial charge >= 0.3 is 5.63 Å². The number of aromatic nitrogens is 2. The molecule has 0 spiro atoms. The van der Waals surface area contributed by atoms with E-state index in [1.807, 2.05) is 43.3 Å². The van der Waals surface area contributed by atoms with Gasteiger partial charge in [-0.2, -0.15) is 5.10 Å². The average Bonchev–Trinajstić information content (AvgIpc) is 2.87. The van der Waals surface area contributed by atoms with Gasteiger partial charge in [0.1, 0.15) is 11.0 Å². The molecule has 6 heteroatoms. The summed E-state index contributed by atoms with van der Waals surface area (Å²) < 4.78 is 9.10. The molecule has 0 aliphatic rings. The Morgan fingerprint density at radius 2 is 1.87 bits per heavy atom. The normalized spacial score (nSPS) is 11.4. The quantitative estimate of drug-likeness (QED) is 0.398. The van der Waals surface area contributed by atoms with Crippen molar-refractivity contribution in [3.05, 3.63) is 67.5 Å². The molecule has 0 radical (unpaired) electrons. The number of fused-ring (bicyclic) bond motifs is 3. The molecule has 0 saturated heterocycles. The van der Waals surface area contributed by atoms with Gasteiger partial charge in [-0.25, -0.2) is 9.48 Å².